The first-order valence-electron chi connectivity index (χ1n) is 6.17. The first-order valence-corrected chi connectivity index (χ1v) is 6.98. The maximum atomic E-state index is 5.85. The quantitative estimate of drug-likeness (QED) is 0.877. The fourth-order valence-electron chi connectivity index (χ4n) is 1.88. The van der Waals surface area contributed by atoms with Crippen molar-refractivity contribution in [3.63, 3.8) is 0 Å². The molecule has 2 rings (SSSR count). The highest BCUT2D eigenvalue weighted by Gasteiger charge is 2.03. The molecule has 0 amide bonds. The van der Waals surface area contributed by atoms with Gasteiger partial charge in [0.15, 0.2) is 0 Å². The van der Waals surface area contributed by atoms with Gasteiger partial charge < -0.3 is 5.73 Å². The van der Waals surface area contributed by atoms with Crippen molar-refractivity contribution in [3.05, 3.63) is 59.2 Å². The summed E-state index contributed by atoms with van der Waals surface area (Å²) < 4.78 is 0. The molecule has 0 spiro atoms. The maximum absolute atomic E-state index is 5.85. The lowest BCUT2D eigenvalue weighted by Crippen LogP contribution is -2.04. The molecular weight excluding hydrogens is 238 g/mol. The largest absolute Gasteiger partial charge is 0.324 e. The second kappa shape index (κ2) is 5.59. The van der Waals surface area contributed by atoms with Crippen LogP contribution in [0.4, 0.5) is 0 Å². The van der Waals surface area contributed by atoms with Crippen molar-refractivity contribution in [2.24, 2.45) is 5.73 Å². The second-order valence-electron chi connectivity index (χ2n) is 4.73. The van der Waals surface area contributed by atoms with E-state index < -0.39 is 0 Å². The lowest BCUT2D eigenvalue weighted by atomic mass is 10.1. The van der Waals surface area contributed by atoms with E-state index in [1.165, 1.54) is 26.5 Å². The molecule has 0 heterocycles. The third kappa shape index (κ3) is 3.15. The first-order chi connectivity index (χ1) is 8.56. The average molecular weight is 257 g/mol. The normalized spacial score (nSPS) is 12.4. The fourth-order valence-corrected chi connectivity index (χ4v) is 2.76. The lowest BCUT2D eigenvalue weighted by molar-refractivity contribution is 0.817. The van der Waals surface area contributed by atoms with E-state index in [4.69, 9.17) is 5.73 Å². The fraction of sp³-hybridized carbons (Fsp3) is 0.250. The minimum atomic E-state index is 0.102. The highest BCUT2D eigenvalue weighted by molar-refractivity contribution is 7.99. The monoisotopic (exact) mass is 257 g/mol. The Kier molecular flexibility index (Phi) is 4.10. The van der Waals surface area contributed by atoms with Gasteiger partial charge in [-0.3, -0.25) is 0 Å². The van der Waals surface area contributed by atoms with Gasteiger partial charge >= 0.3 is 0 Å². The van der Waals surface area contributed by atoms with Crippen molar-refractivity contribution in [3.8, 4) is 0 Å². The molecule has 18 heavy (non-hydrogen) atoms. The highest BCUT2D eigenvalue weighted by atomic mass is 32.2. The van der Waals surface area contributed by atoms with E-state index in [1.807, 2.05) is 6.92 Å². The summed E-state index contributed by atoms with van der Waals surface area (Å²) in [5.41, 5.74) is 9.67. The Morgan fingerprint density at radius 3 is 2.22 bits per heavy atom. The predicted molar refractivity (Wildman–Crippen MR) is 79.1 cm³/mol. The summed E-state index contributed by atoms with van der Waals surface area (Å²) in [5.74, 6) is 0. The molecule has 2 aromatic carbocycles. The van der Waals surface area contributed by atoms with E-state index in [0.717, 1.165) is 0 Å². The van der Waals surface area contributed by atoms with Crippen molar-refractivity contribution >= 4 is 11.8 Å². The van der Waals surface area contributed by atoms with Gasteiger partial charge in [0.25, 0.3) is 0 Å². The summed E-state index contributed by atoms with van der Waals surface area (Å²) >= 11 is 1.80. The standard InChI is InChI=1S/C16H19NS/c1-11-4-9-16(12(2)10-11)18-15-7-5-14(6-8-15)13(3)17/h4-10,13H,17H2,1-3H3/t13-/m1/s1. The van der Waals surface area contributed by atoms with E-state index in [2.05, 4.69) is 56.3 Å². The molecule has 2 aromatic rings. The van der Waals surface area contributed by atoms with Gasteiger partial charge in [0, 0.05) is 15.8 Å². The van der Waals surface area contributed by atoms with Crippen LogP contribution in [0.15, 0.2) is 52.3 Å². The number of nitrogens with two attached hydrogens (primary N) is 1. The molecule has 1 atom stereocenters. The number of hydrogen-bond acceptors (Lipinski definition) is 2. The molecule has 2 N–H and O–H groups in total. The Morgan fingerprint density at radius 2 is 1.67 bits per heavy atom. The molecule has 0 bridgehead atoms. The Balaban J connectivity index is 2.18. The molecular formula is C16H19NS. The Labute approximate surface area is 113 Å². The van der Waals surface area contributed by atoms with Crippen LogP contribution in [0.3, 0.4) is 0 Å². The van der Waals surface area contributed by atoms with Crippen LogP contribution in [0.1, 0.15) is 29.7 Å². The van der Waals surface area contributed by atoms with Gasteiger partial charge in [-0.15, -0.1) is 0 Å². The molecule has 2 heteroatoms. The van der Waals surface area contributed by atoms with Crippen molar-refractivity contribution in [2.75, 3.05) is 0 Å². The van der Waals surface area contributed by atoms with Gasteiger partial charge in [-0.05, 0) is 50.1 Å². The third-order valence-electron chi connectivity index (χ3n) is 2.96. The van der Waals surface area contributed by atoms with Gasteiger partial charge in [0.1, 0.15) is 0 Å². The van der Waals surface area contributed by atoms with Crippen LogP contribution in [0.5, 0.6) is 0 Å². The molecule has 0 saturated heterocycles. The van der Waals surface area contributed by atoms with Crippen LogP contribution in [0, 0.1) is 13.8 Å². The van der Waals surface area contributed by atoms with Crippen LogP contribution in [0.25, 0.3) is 0 Å². The molecule has 0 saturated carbocycles. The Morgan fingerprint density at radius 1 is 1.00 bits per heavy atom. The smallest absolute Gasteiger partial charge is 0.0266 e. The SMILES string of the molecule is Cc1ccc(Sc2ccc([C@@H](C)N)cc2)c(C)c1. The van der Waals surface area contributed by atoms with Gasteiger partial charge in [-0.25, -0.2) is 0 Å². The highest BCUT2D eigenvalue weighted by Crippen LogP contribution is 2.31. The van der Waals surface area contributed by atoms with Crippen molar-refractivity contribution < 1.29 is 0 Å². The lowest BCUT2D eigenvalue weighted by Gasteiger charge is -2.09. The molecule has 0 fully saturated rings. The molecule has 0 unspecified atom stereocenters. The molecule has 0 aliphatic carbocycles. The van der Waals surface area contributed by atoms with Crippen LogP contribution in [-0.4, -0.2) is 0 Å². The van der Waals surface area contributed by atoms with E-state index in [-0.39, 0.29) is 6.04 Å². The molecule has 1 nitrogen and oxygen atoms in total. The number of aryl methyl sites for hydroxylation is 2. The molecule has 94 valence electrons. The summed E-state index contributed by atoms with van der Waals surface area (Å²) in [6.07, 6.45) is 0. The maximum Gasteiger partial charge on any atom is 0.0266 e. The summed E-state index contributed by atoms with van der Waals surface area (Å²) in [6, 6.07) is 15.2. The van der Waals surface area contributed by atoms with E-state index >= 15 is 0 Å². The topological polar surface area (TPSA) is 26.0 Å². The minimum absolute atomic E-state index is 0.102. The van der Waals surface area contributed by atoms with Crippen molar-refractivity contribution in [1.29, 1.82) is 0 Å². The molecule has 0 aliphatic heterocycles. The van der Waals surface area contributed by atoms with E-state index in [0.29, 0.717) is 0 Å². The summed E-state index contributed by atoms with van der Waals surface area (Å²) in [6.45, 7) is 6.29. The van der Waals surface area contributed by atoms with Gasteiger partial charge in [-0.1, -0.05) is 41.6 Å². The number of hydrogen-bond donors (Lipinski definition) is 1. The van der Waals surface area contributed by atoms with Gasteiger partial charge in [-0.2, -0.15) is 0 Å². The summed E-state index contributed by atoms with van der Waals surface area (Å²) in [4.78, 5) is 2.57. The Bertz CT molecular complexity index is 529. The van der Waals surface area contributed by atoms with Crippen LogP contribution < -0.4 is 5.73 Å². The summed E-state index contributed by atoms with van der Waals surface area (Å²) in [5, 5.41) is 0. The Hall–Kier alpha value is -1.25. The van der Waals surface area contributed by atoms with E-state index in [1.54, 1.807) is 11.8 Å². The van der Waals surface area contributed by atoms with Gasteiger partial charge in [0.2, 0.25) is 0 Å². The zero-order valence-corrected chi connectivity index (χ0v) is 11.9. The average Bonchev–Trinajstić information content (AvgIpc) is 2.33. The predicted octanol–water partition coefficient (Wildman–Crippen LogP) is 4.47. The summed E-state index contributed by atoms with van der Waals surface area (Å²) in [7, 11) is 0. The van der Waals surface area contributed by atoms with Crippen LogP contribution >= 0.6 is 11.8 Å². The van der Waals surface area contributed by atoms with Crippen molar-refractivity contribution in [2.45, 2.75) is 36.6 Å². The zero-order valence-electron chi connectivity index (χ0n) is 11.1. The van der Waals surface area contributed by atoms with Gasteiger partial charge in [0.05, 0.1) is 0 Å². The minimum Gasteiger partial charge on any atom is -0.324 e. The van der Waals surface area contributed by atoms with Crippen molar-refractivity contribution in [1.82, 2.24) is 0 Å². The second-order valence-corrected chi connectivity index (χ2v) is 5.84. The first kappa shape index (κ1) is 13.2. The number of benzene rings is 2. The third-order valence-corrected chi connectivity index (χ3v) is 4.15. The van der Waals surface area contributed by atoms with Crippen LogP contribution in [-0.2, 0) is 0 Å². The van der Waals surface area contributed by atoms with E-state index in [9.17, 15) is 0 Å². The molecule has 0 aromatic heterocycles. The molecule has 0 aliphatic rings. The zero-order chi connectivity index (χ0) is 13.1. The molecule has 0 radical (unpaired) electrons. The number of rotatable bonds is 3. The van der Waals surface area contributed by atoms with Crippen LogP contribution in [0.2, 0.25) is 0 Å².